The first-order chi connectivity index (χ1) is 16.5. The average Bonchev–Trinajstić information content (AvgIpc) is 3.32. The molecule has 0 aliphatic carbocycles. The molecular weight excluding hydrogens is 416 g/mol. The number of amides is 1. The molecule has 34 heavy (non-hydrogen) atoms. The lowest BCUT2D eigenvalue weighted by atomic mass is 9.60. The molecule has 2 saturated heterocycles. The zero-order valence-corrected chi connectivity index (χ0v) is 20.3. The number of carbonyl (C=O) groups excluding carboxylic acids is 1. The molecule has 3 atom stereocenters. The van der Waals surface area contributed by atoms with Crippen molar-refractivity contribution in [3.63, 3.8) is 0 Å². The molecule has 0 radical (unpaired) electrons. The van der Waals surface area contributed by atoms with Crippen LogP contribution in [0.25, 0.3) is 0 Å². The van der Waals surface area contributed by atoms with Crippen LogP contribution in [0.5, 0.6) is 0 Å². The summed E-state index contributed by atoms with van der Waals surface area (Å²) in [5.74, 6) is 0.543. The van der Waals surface area contributed by atoms with Crippen molar-refractivity contribution in [1.82, 2.24) is 10.6 Å². The molecule has 1 amide bonds. The molecule has 3 aromatic carbocycles. The number of piperidine rings is 1. The van der Waals surface area contributed by atoms with Crippen LogP contribution in [0.15, 0.2) is 91.0 Å². The third kappa shape index (κ3) is 4.30. The molecule has 3 heteroatoms. The van der Waals surface area contributed by atoms with Crippen molar-refractivity contribution >= 4 is 5.91 Å². The second-order valence-electron chi connectivity index (χ2n) is 10.8. The van der Waals surface area contributed by atoms with Gasteiger partial charge in [0, 0.05) is 29.6 Å². The van der Waals surface area contributed by atoms with Crippen LogP contribution in [0, 0.1) is 11.3 Å². The Balaban J connectivity index is 1.55. The van der Waals surface area contributed by atoms with Crippen molar-refractivity contribution < 1.29 is 4.79 Å². The standard InChI is InChI=1S/C31H36N2O/c1-30(2)26(20-27-18-19-28(30)33-27)21-31(24-14-8-4-9-15-24,25-16-10-5-11-17-25)22-32-29(34)23-12-6-3-7-13-23/h3-17,26-28,33H,18-22H2,1-2H3,(H,32,34). The maximum atomic E-state index is 13.2. The van der Waals surface area contributed by atoms with Gasteiger partial charge in [-0.2, -0.15) is 0 Å². The number of fused-ring (bicyclic) bond motifs is 2. The van der Waals surface area contributed by atoms with Crippen molar-refractivity contribution in [1.29, 1.82) is 0 Å². The predicted octanol–water partition coefficient (Wildman–Crippen LogP) is 5.96. The fourth-order valence-corrected chi connectivity index (χ4v) is 6.41. The Bertz CT molecular complexity index is 1050. The highest BCUT2D eigenvalue weighted by Gasteiger charge is 2.50. The van der Waals surface area contributed by atoms with Gasteiger partial charge in [0.25, 0.3) is 5.91 Å². The van der Waals surface area contributed by atoms with Crippen LogP contribution >= 0.6 is 0 Å². The molecule has 5 rings (SSSR count). The Hall–Kier alpha value is -2.91. The summed E-state index contributed by atoms with van der Waals surface area (Å²) in [7, 11) is 0. The van der Waals surface area contributed by atoms with Gasteiger partial charge in [-0.3, -0.25) is 4.79 Å². The number of carbonyl (C=O) groups is 1. The molecule has 0 aromatic heterocycles. The summed E-state index contributed by atoms with van der Waals surface area (Å²) < 4.78 is 0. The van der Waals surface area contributed by atoms with Crippen LogP contribution in [0.4, 0.5) is 0 Å². The first-order valence-electron chi connectivity index (χ1n) is 12.7. The summed E-state index contributed by atoms with van der Waals surface area (Å²) in [6.45, 7) is 5.46. The first kappa shape index (κ1) is 22.9. The van der Waals surface area contributed by atoms with Crippen LogP contribution in [0.1, 0.15) is 61.0 Å². The molecule has 2 N–H and O–H groups in total. The Morgan fingerprint density at radius 2 is 1.44 bits per heavy atom. The van der Waals surface area contributed by atoms with Crippen molar-refractivity contribution in [3.05, 3.63) is 108 Å². The highest BCUT2D eigenvalue weighted by Crippen LogP contribution is 2.51. The Labute approximate surface area is 204 Å². The van der Waals surface area contributed by atoms with E-state index in [0.29, 0.717) is 30.1 Å². The molecule has 2 aliphatic rings. The van der Waals surface area contributed by atoms with E-state index in [0.717, 1.165) is 6.42 Å². The molecule has 2 aliphatic heterocycles. The number of nitrogens with one attached hydrogen (secondary N) is 2. The van der Waals surface area contributed by atoms with Crippen LogP contribution in [0.2, 0.25) is 0 Å². The zero-order chi connectivity index (χ0) is 23.6. The quantitative estimate of drug-likeness (QED) is 0.464. The Morgan fingerprint density at radius 3 is 2.03 bits per heavy atom. The average molecular weight is 453 g/mol. The highest BCUT2D eigenvalue weighted by atomic mass is 16.1. The molecule has 0 spiro atoms. The molecule has 2 heterocycles. The molecule has 2 bridgehead atoms. The summed E-state index contributed by atoms with van der Waals surface area (Å²) in [5, 5.41) is 7.22. The number of hydrogen-bond acceptors (Lipinski definition) is 2. The highest BCUT2D eigenvalue weighted by molar-refractivity contribution is 5.94. The lowest BCUT2D eigenvalue weighted by molar-refractivity contribution is 0.0756. The van der Waals surface area contributed by atoms with E-state index < -0.39 is 0 Å². The number of hydrogen-bond donors (Lipinski definition) is 2. The zero-order valence-electron chi connectivity index (χ0n) is 20.3. The first-order valence-corrected chi connectivity index (χ1v) is 12.7. The molecule has 0 saturated carbocycles. The molecule has 3 nitrogen and oxygen atoms in total. The molecule has 3 aromatic rings. The third-order valence-electron chi connectivity index (χ3n) is 8.59. The predicted molar refractivity (Wildman–Crippen MR) is 139 cm³/mol. The summed E-state index contributed by atoms with van der Waals surface area (Å²) in [4.78, 5) is 13.2. The van der Waals surface area contributed by atoms with E-state index in [4.69, 9.17) is 0 Å². The van der Waals surface area contributed by atoms with Gasteiger partial charge in [-0.15, -0.1) is 0 Å². The van der Waals surface area contributed by atoms with Gasteiger partial charge in [0.2, 0.25) is 0 Å². The fourth-order valence-electron chi connectivity index (χ4n) is 6.41. The minimum absolute atomic E-state index is 0.0125. The Morgan fingerprint density at radius 1 is 0.882 bits per heavy atom. The summed E-state index contributed by atoms with van der Waals surface area (Å²) in [6, 6.07) is 32.4. The topological polar surface area (TPSA) is 41.1 Å². The lowest BCUT2D eigenvalue weighted by Gasteiger charge is -2.49. The van der Waals surface area contributed by atoms with Gasteiger partial charge in [0.05, 0.1) is 0 Å². The smallest absolute Gasteiger partial charge is 0.251 e. The monoisotopic (exact) mass is 452 g/mol. The maximum absolute atomic E-state index is 13.2. The fraction of sp³-hybridized carbons (Fsp3) is 0.387. The summed E-state index contributed by atoms with van der Waals surface area (Å²) >= 11 is 0. The Kier molecular flexibility index (Phi) is 6.31. The van der Waals surface area contributed by atoms with Crippen LogP contribution in [-0.4, -0.2) is 24.5 Å². The largest absolute Gasteiger partial charge is 0.351 e. The van der Waals surface area contributed by atoms with Gasteiger partial charge in [0.1, 0.15) is 0 Å². The van der Waals surface area contributed by atoms with E-state index in [2.05, 4.69) is 85.1 Å². The van der Waals surface area contributed by atoms with Crippen LogP contribution < -0.4 is 10.6 Å². The van der Waals surface area contributed by atoms with E-state index in [1.165, 1.54) is 30.4 Å². The summed E-state index contributed by atoms with van der Waals surface area (Å²) in [5.41, 5.74) is 3.15. The van der Waals surface area contributed by atoms with Gasteiger partial charge in [0.15, 0.2) is 0 Å². The maximum Gasteiger partial charge on any atom is 0.251 e. The molecule has 176 valence electrons. The minimum atomic E-state index is -0.300. The normalized spacial score (nSPS) is 23.4. The van der Waals surface area contributed by atoms with Crippen molar-refractivity contribution in [2.24, 2.45) is 11.3 Å². The van der Waals surface area contributed by atoms with E-state index in [1.807, 2.05) is 30.3 Å². The van der Waals surface area contributed by atoms with E-state index >= 15 is 0 Å². The van der Waals surface area contributed by atoms with E-state index in [-0.39, 0.29) is 16.7 Å². The number of rotatable bonds is 7. The van der Waals surface area contributed by atoms with Crippen molar-refractivity contribution in [3.8, 4) is 0 Å². The van der Waals surface area contributed by atoms with E-state index in [1.54, 1.807) is 0 Å². The molecule has 2 fully saturated rings. The van der Waals surface area contributed by atoms with Gasteiger partial charge in [-0.25, -0.2) is 0 Å². The van der Waals surface area contributed by atoms with Crippen LogP contribution in [0.3, 0.4) is 0 Å². The second-order valence-corrected chi connectivity index (χ2v) is 10.8. The van der Waals surface area contributed by atoms with Crippen molar-refractivity contribution in [2.75, 3.05) is 6.54 Å². The third-order valence-corrected chi connectivity index (χ3v) is 8.59. The van der Waals surface area contributed by atoms with Gasteiger partial charge >= 0.3 is 0 Å². The van der Waals surface area contributed by atoms with Crippen LogP contribution in [-0.2, 0) is 5.41 Å². The van der Waals surface area contributed by atoms with Gasteiger partial charge in [-0.05, 0) is 60.3 Å². The SMILES string of the molecule is CC1(C)C(CC(CNC(=O)c2ccccc2)(c2ccccc2)c2ccccc2)CC2CCC1N2. The van der Waals surface area contributed by atoms with Gasteiger partial charge < -0.3 is 10.6 Å². The number of benzene rings is 3. The van der Waals surface area contributed by atoms with Crippen molar-refractivity contribution in [2.45, 2.75) is 57.0 Å². The minimum Gasteiger partial charge on any atom is -0.351 e. The lowest BCUT2D eigenvalue weighted by Crippen LogP contribution is -2.53. The van der Waals surface area contributed by atoms with Gasteiger partial charge in [-0.1, -0.05) is 92.7 Å². The van der Waals surface area contributed by atoms with E-state index in [9.17, 15) is 4.79 Å². The second kappa shape index (κ2) is 9.38. The summed E-state index contributed by atoms with van der Waals surface area (Å²) in [6.07, 6.45) is 4.75. The molecular formula is C31H36N2O. The molecule has 3 unspecified atom stereocenters.